The molecule has 0 saturated carbocycles. The summed E-state index contributed by atoms with van der Waals surface area (Å²) >= 11 is 0. The minimum Gasteiger partial charge on any atom is -0.467 e. The number of hydrogen-bond donors (Lipinski definition) is 1. The second-order valence-corrected chi connectivity index (χ2v) is 6.95. The number of rotatable bonds is 17. The van der Waals surface area contributed by atoms with Crippen molar-refractivity contribution < 1.29 is 23.9 Å². The van der Waals surface area contributed by atoms with Gasteiger partial charge in [0.25, 0.3) is 0 Å². The highest BCUT2D eigenvalue weighted by atomic mass is 16.6. The smallest absolute Gasteiger partial charge is 0.408 e. The lowest BCUT2D eigenvalue weighted by molar-refractivity contribution is -0.145. The first-order chi connectivity index (χ1) is 13.6. The zero-order chi connectivity index (χ0) is 21.0. The summed E-state index contributed by atoms with van der Waals surface area (Å²) in [7, 11) is 1.17. The van der Waals surface area contributed by atoms with Gasteiger partial charge in [-0.2, -0.15) is 0 Å². The van der Waals surface area contributed by atoms with Gasteiger partial charge in [-0.3, -0.25) is 4.79 Å². The highest BCUT2D eigenvalue weighted by Crippen LogP contribution is 2.12. The van der Waals surface area contributed by atoms with Crippen LogP contribution in [0.15, 0.2) is 12.2 Å². The van der Waals surface area contributed by atoms with Crippen LogP contribution >= 0.6 is 0 Å². The van der Waals surface area contributed by atoms with E-state index >= 15 is 0 Å². The van der Waals surface area contributed by atoms with Crippen molar-refractivity contribution in [1.29, 1.82) is 0 Å². The van der Waals surface area contributed by atoms with Crippen molar-refractivity contribution in [3.05, 3.63) is 12.2 Å². The summed E-state index contributed by atoms with van der Waals surface area (Å²) in [5.74, 6) is -1.32. The Morgan fingerprint density at radius 2 is 1.39 bits per heavy atom. The van der Waals surface area contributed by atoms with Gasteiger partial charge >= 0.3 is 12.1 Å². The number of ketones is 1. The first-order valence-electron chi connectivity index (χ1n) is 10.8. The van der Waals surface area contributed by atoms with E-state index in [0.29, 0.717) is 0 Å². The molecule has 28 heavy (non-hydrogen) atoms. The zero-order valence-corrected chi connectivity index (χ0v) is 18.0. The minimum absolute atomic E-state index is 0.155. The minimum atomic E-state index is -1.36. The van der Waals surface area contributed by atoms with Crippen LogP contribution in [0.1, 0.15) is 90.9 Å². The summed E-state index contributed by atoms with van der Waals surface area (Å²) in [4.78, 5) is 35.3. The topological polar surface area (TPSA) is 81.7 Å². The number of hydrogen-bond acceptors (Lipinski definition) is 5. The molecule has 6 heteroatoms. The maximum absolute atomic E-state index is 12.1. The molecule has 0 heterocycles. The third-order valence-corrected chi connectivity index (χ3v) is 4.52. The fraction of sp³-hybridized carbons (Fsp3) is 0.773. The molecule has 0 aromatic heterocycles. The molecule has 0 aromatic rings. The molecule has 0 aliphatic carbocycles. The van der Waals surface area contributed by atoms with Crippen LogP contribution in [0.5, 0.6) is 0 Å². The lowest BCUT2D eigenvalue weighted by Gasteiger charge is -2.13. The number of allylic oxidation sites excluding steroid dienone is 1. The van der Waals surface area contributed by atoms with Gasteiger partial charge in [-0.05, 0) is 25.8 Å². The average Bonchev–Trinajstić information content (AvgIpc) is 2.69. The second kappa shape index (κ2) is 18.5. The van der Waals surface area contributed by atoms with Crippen molar-refractivity contribution in [3.8, 4) is 0 Å². The number of carbonyl (C=O) groups excluding carboxylic acids is 3. The van der Waals surface area contributed by atoms with Crippen molar-refractivity contribution in [3.63, 3.8) is 0 Å². The number of alkyl carbamates (subject to hydrolysis) is 1. The summed E-state index contributed by atoms with van der Waals surface area (Å²) in [5.41, 5.74) is 0. The summed E-state index contributed by atoms with van der Waals surface area (Å²) in [5, 5.41) is 2.23. The van der Waals surface area contributed by atoms with Crippen LogP contribution in [0.3, 0.4) is 0 Å². The molecule has 162 valence electrons. The molecular weight excluding hydrogens is 358 g/mol. The van der Waals surface area contributed by atoms with Crippen LogP contribution in [0, 0.1) is 0 Å². The first-order valence-corrected chi connectivity index (χ1v) is 10.8. The maximum Gasteiger partial charge on any atom is 0.408 e. The molecule has 1 atom stereocenters. The molecule has 1 N–H and O–H groups in total. The van der Waals surface area contributed by atoms with Crippen molar-refractivity contribution >= 4 is 17.8 Å². The molecule has 0 radical (unpaired) electrons. The molecule has 0 aromatic carbocycles. The van der Waals surface area contributed by atoms with Crippen LogP contribution in [-0.2, 0) is 19.1 Å². The van der Waals surface area contributed by atoms with Crippen LogP contribution in [0.4, 0.5) is 4.79 Å². The monoisotopic (exact) mass is 397 g/mol. The largest absolute Gasteiger partial charge is 0.467 e. The molecule has 0 aliphatic heterocycles. The third-order valence-electron chi connectivity index (χ3n) is 4.52. The number of ether oxygens (including phenoxy) is 2. The van der Waals surface area contributed by atoms with Gasteiger partial charge in [-0.15, -0.1) is 0 Å². The Bertz CT molecular complexity index is 462. The predicted molar refractivity (Wildman–Crippen MR) is 111 cm³/mol. The van der Waals surface area contributed by atoms with Gasteiger partial charge in [0.05, 0.1) is 13.7 Å². The lowest BCUT2D eigenvalue weighted by atomic mass is 10.0. The first kappa shape index (κ1) is 26.1. The average molecular weight is 398 g/mol. The number of methoxy groups -OCH3 is 1. The van der Waals surface area contributed by atoms with Crippen molar-refractivity contribution in [2.45, 2.75) is 96.9 Å². The van der Waals surface area contributed by atoms with Gasteiger partial charge in [-0.25, -0.2) is 9.59 Å². The molecule has 0 fully saturated rings. The highest BCUT2D eigenvalue weighted by Gasteiger charge is 2.27. The van der Waals surface area contributed by atoms with E-state index in [1.165, 1.54) is 71.0 Å². The lowest BCUT2D eigenvalue weighted by Crippen LogP contribution is -2.46. The van der Waals surface area contributed by atoms with Gasteiger partial charge < -0.3 is 14.8 Å². The Balaban J connectivity index is 3.89. The van der Waals surface area contributed by atoms with Gasteiger partial charge in [0.1, 0.15) is 0 Å². The van der Waals surface area contributed by atoms with Gasteiger partial charge in [0.15, 0.2) is 11.8 Å². The Hall–Kier alpha value is -1.85. The van der Waals surface area contributed by atoms with Crippen LogP contribution in [-0.4, -0.2) is 37.6 Å². The fourth-order valence-corrected chi connectivity index (χ4v) is 2.88. The van der Waals surface area contributed by atoms with Gasteiger partial charge in [0.2, 0.25) is 0 Å². The van der Waals surface area contributed by atoms with E-state index in [-0.39, 0.29) is 6.61 Å². The van der Waals surface area contributed by atoms with E-state index in [9.17, 15) is 14.4 Å². The van der Waals surface area contributed by atoms with Crippen LogP contribution < -0.4 is 5.32 Å². The standard InChI is InChI=1S/C22H39NO5/c1-4-6-7-8-9-10-11-12-13-14-15-16-17-18-19(24)20(21(25)27-3)23-22(26)28-5-2/h17-18,20H,4-16H2,1-3H3,(H,23,26)/b18-17+. The number of amides is 1. The van der Waals surface area contributed by atoms with Crippen molar-refractivity contribution in [2.75, 3.05) is 13.7 Å². The SMILES string of the molecule is CCCCCCCCCCCCC/C=C/C(=O)C(NC(=O)OCC)C(=O)OC. The highest BCUT2D eigenvalue weighted by molar-refractivity contribution is 6.10. The molecular formula is C22H39NO5. The molecule has 0 saturated heterocycles. The van der Waals surface area contributed by atoms with Crippen molar-refractivity contribution in [1.82, 2.24) is 5.32 Å². The number of esters is 1. The summed E-state index contributed by atoms with van der Waals surface area (Å²) in [6, 6.07) is -1.36. The predicted octanol–water partition coefficient (Wildman–Crippen LogP) is 5.10. The van der Waals surface area contributed by atoms with E-state index in [1.54, 1.807) is 13.0 Å². The normalized spacial score (nSPS) is 12.0. The molecule has 6 nitrogen and oxygen atoms in total. The molecule has 1 unspecified atom stereocenters. The van der Waals surface area contributed by atoms with Crippen LogP contribution in [0.2, 0.25) is 0 Å². The molecule has 0 spiro atoms. The summed E-state index contributed by atoms with van der Waals surface area (Å²) < 4.78 is 9.27. The van der Waals surface area contributed by atoms with Gasteiger partial charge in [-0.1, -0.05) is 77.2 Å². The Labute approximate surface area is 170 Å². The zero-order valence-electron chi connectivity index (χ0n) is 18.0. The van der Waals surface area contributed by atoms with E-state index in [2.05, 4.69) is 17.0 Å². The number of unbranched alkanes of at least 4 members (excludes halogenated alkanes) is 11. The molecule has 0 aliphatic rings. The van der Waals surface area contributed by atoms with E-state index in [1.807, 2.05) is 0 Å². The third kappa shape index (κ3) is 14.2. The van der Waals surface area contributed by atoms with Crippen LogP contribution in [0.25, 0.3) is 0 Å². The number of nitrogens with one attached hydrogen (secondary N) is 1. The molecule has 1 amide bonds. The molecule has 0 bridgehead atoms. The van der Waals surface area contributed by atoms with E-state index in [4.69, 9.17) is 4.74 Å². The number of carbonyl (C=O) groups is 3. The molecule has 0 rings (SSSR count). The second-order valence-electron chi connectivity index (χ2n) is 6.95. The Kier molecular flexibility index (Phi) is 17.3. The van der Waals surface area contributed by atoms with E-state index in [0.717, 1.165) is 19.3 Å². The van der Waals surface area contributed by atoms with Gasteiger partial charge in [0, 0.05) is 0 Å². The maximum atomic E-state index is 12.1. The summed E-state index contributed by atoms with van der Waals surface area (Å²) in [6.45, 7) is 4.04. The Morgan fingerprint density at radius 3 is 1.89 bits per heavy atom. The summed E-state index contributed by atoms with van der Waals surface area (Å²) in [6.07, 6.45) is 17.1. The quantitative estimate of drug-likeness (QED) is 0.160. The Morgan fingerprint density at radius 1 is 0.857 bits per heavy atom. The van der Waals surface area contributed by atoms with Crippen molar-refractivity contribution in [2.24, 2.45) is 0 Å². The van der Waals surface area contributed by atoms with E-state index < -0.39 is 23.9 Å². The fourth-order valence-electron chi connectivity index (χ4n) is 2.88.